The van der Waals surface area contributed by atoms with E-state index in [2.05, 4.69) is 10.3 Å². The number of aryl methyl sites for hydroxylation is 1. The van der Waals surface area contributed by atoms with Gasteiger partial charge in [0.2, 0.25) is 0 Å². The Morgan fingerprint density at radius 2 is 2.29 bits per heavy atom. The minimum Gasteiger partial charge on any atom is -0.464 e. The Morgan fingerprint density at radius 3 is 2.90 bits per heavy atom. The van der Waals surface area contributed by atoms with E-state index in [-0.39, 0.29) is 17.1 Å². The van der Waals surface area contributed by atoms with Crippen LogP contribution in [0.1, 0.15) is 34.8 Å². The van der Waals surface area contributed by atoms with Crippen molar-refractivity contribution in [3.8, 4) is 0 Å². The van der Waals surface area contributed by atoms with E-state index >= 15 is 0 Å². The van der Waals surface area contributed by atoms with Gasteiger partial charge in [-0.1, -0.05) is 18.5 Å². The summed E-state index contributed by atoms with van der Waals surface area (Å²) in [6.45, 7) is 2.33. The van der Waals surface area contributed by atoms with Crippen molar-refractivity contribution >= 4 is 17.5 Å². The SMILES string of the molecule is CCc1ccc(C(COC)NC(=O)c2ccnc(Cl)c2)o1. The van der Waals surface area contributed by atoms with E-state index in [0.29, 0.717) is 17.9 Å². The van der Waals surface area contributed by atoms with Gasteiger partial charge in [-0.15, -0.1) is 0 Å². The van der Waals surface area contributed by atoms with Gasteiger partial charge in [-0.3, -0.25) is 4.79 Å². The van der Waals surface area contributed by atoms with Crippen LogP contribution >= 0.6 is 11.6 Å². The van der Waals surface area contributed by atoms with Crippen LogP contribution in [0.5, 0.6) is 0 Å². The number of nitrogens with one attached hydrogen (secondary N) is 1. The monoisotopic (exact) mass is 308 g/mol. The molecule has 0 saturated carbocycles. The van der Waals surface area contributed by atoms with E-state index in [1.54, 1.807) is 13.2 Å². The summed E-state index contributed by atoms with van der Waals surface area (Å²) in [6.07, 6.45) is 2.29. The van der Waals surface area contributed by atoms with Gasteiger partial charge >= 0.3 is 0 Å². The number of nitrogens with zero attached hydrogens (tertiary/aromatic N) is 1. The lowest BCUT2D eigenvalue weighted by molar-refractivity contribution is 0.0882. The maximum Gasteiger partial charge on any atom is 0.252 e. The summed E-state index contributed by atoms with van der Waals surface area (Å²) in [5.74, 6) is 1.28. The maximum atomic E-state index is 12.2. The second kappa shape index (κ2) is 7.24. The molecule has 0 aliphatic rings. The highest BCUT2D eigenvalue weighted by atomic mass is 35.5. The number of furan rings is 1. The number of rotatable bonds is 6. The molecule has 2 aromatic heterocycles. The standard InChI is InChI=1S/C15H17ClN2O3/c1-3-11-4-5-13(21-11)12(9-20-2)18-15(19)10-6-7-17-14(16)8-10/h4-8,12H,3,9H2,1-2H3,(H,18,19). The molecule has 2 rings (SSSR count). The van der Waals surface area contributed by atoms with Crippen LogP contribution in [0.15, 0.2) is 34.9 Å². The number of amides is 1. The summed E-state index contributed by atoms with van der Waals surface area (Å²) in [5, 5.41) is 3.15. The van der Waals surface area contributed by atoms with Gasteiger partial charge in [0.1, 0.15) is 22.7 Å². The molecule has 112 valence electrons. The van der Waals surface area contributed by atoms with Crippen molar-refractivity contribution in [1.82, 2.24) is 10.3 Å². The van der Waals surface area contributed by atoms with Gasteiger partial charge in [-0.25, -0.2) is 4.98 Å². The zero-order chi connectivity index (χ0) is 15.2. The lowest BCUT2D eigenvalue weighted by atomic mass is 10.2. The molecule has 2 heterocycles. The van der Waals surface area contributed by atoms with Gasteiger partial charge < -0.3 is 14.5 Å². The molecule has 0 aromatic carbocycles. The van der Waals surface area contributed by atoms with Crippen molar-refractivity contribution in [2.75, 3.05) is 13.7 Å². The predicted octanol–water partition coefficient (Wildman–Crippen LogP) is 3.01. The first-order valence-corrected chi connectivity index (χ1v) is 7.01. The largest absolute Gasteiger partial charge is 0.464 e. The lowest BCUT2D eigenvalue weighted by Gasteiger charge is -2.16. The molecule has 0 spiro atoms. The molecule has 0 saturated heterocycles. The van der Waals surface area contributed by atoms with Crippen molar-refractivity contribution in [2.24, 2.45) is 0 Å². The van der Waals surface area contributed by atoms with Crippen LogP contribution in [0.25, 0.3) is 0 Å². The second-order valence-corrected chi connectivity index (χ2v) is 4.89. The molecular formula is C15H17ClN2O3. The van der Waals surface area contributed by atoms with Gasteiger partial charge in [0, 0.05) is 25.3 Å². The summed E-state index contributed by atoms with van der Waals surface area (Å²) in [7, 11) is 1.58. The summed E-state index contributed by atoms with van der Waals surface area (Å²) in [5.41, 5.74) is 0.443. The Bertz CT molecular complexity index is 612. The van der Waals surface area contributed by atoms with Crippen LogP contribution in [0.4, 0.5) is 0 Å². The molecule has 0 radical (unpaired) electrons. The maximum absolute atomic E-state index is 12.2. The van der Waals surface area contributed by atoms with Crippen LogP contribution in [-0.4, -0.2) is 24.6 Å². The first-order valence-electron chi connectivity index (χ1n) is 6.64. The van der Waals surface area contributed by atoms with Gasteiger partial charge in [-0.2, -0.15) is 0 Å². The van der Waals surface area contributed by atoms with E-state index < -0.39 is 0 Å². The van der Waals surface area contributed by atoms with Crippen LogP contribution in [0.3, 0.4) is 0 Å². The highest BCUT2D eigenvalue weighted by Crippen LogP contribution is 2.18. The first kappa shape index (κ1) is 15.5. The number of carbonyl (C=O) groups is 1. The van der Waals surface area contributed by atoms with E-state index in [4.69, 9.17) is 20.8 Å². The van der Waals surface area contributed by atoms with Crippen LogP contribution in [0, 0.1) is 0 Å². The number of ether oxygens (including phenoxy) is 1. The Labute approximate surface area is 128 Å². The normalized spacial score (nSPS) is 12.1. The third-order valence-electron chi connectivity index (χ3n) is 3.00. The van der Waals surface area contributed by atoms with Crippen molar-refractivity contribution in [2.45, 2.75) is 19.4 Å². The average molecular weight is 309 g/mol. The molecular weight excluding hydrogens is 292 g/mol. The van der Waals surface area contributed by atoms with E-state index in [1.807, 2.05) is 19.1 Å². The molecule has 1 N–H and O–H groups in total. The minimum absolute atomic E-state index is 0.254. The first-order chi connectivity index (χ1) is 10.1. The zero-order valence-corrected chi connectivity index (χ0v) is 12.7. The fourth-order valence-electron chi connectivity index (χ4n) is 1.92. The molecule has 0 bridgehead atoms. The number of aromatic nitrogens is 1. The molecule has 0 fully saturated rings. The quantitative estimate of drug-likeness (QED) is 0.833. The molecule has 0 aliphatic carbocycles. The van der Waals surface area contributed by atoms with E-state index in [1.165, 1.54) is 12.3 Å². The fourth-order valence-corrected chi connectivity index (χ4v) is 2.09. The Morgan fingerprint density at radius 1 is 1.48 bits per heavy atom. The fraction of sp³-hybridized carbons (Fsp3) is 0.333. The highest BCUT2D eigenvalue weighted by Gasteiger charge is 2.19. The van der Waals surface area contributed by atoms with Gasteiger partial charge in [0.05, 0.1) is 6.61 Å². The number of pyridine rings is 1. The molecule has 0 aliphatic heterocycles. The molecule has 1 atom stereocenters. The van der Waals surface area contributed by atoms with Gasteiger partial charge in [0.25, 0.3) is 5.91 Å². The van der Waals surface area contributed by atoms with Crippen LogP contribution in [-0.2, 0) is 11.2 Å². The van der Waals surface area contributed by atoms with Gasteiger partial charge in [0.15, 0.2) is 0 Å². The molecule has 1 unspecified atom stereocenters. The van der Waals surface area contributed by atoms with E-state index in [0.717, 1.165) is 12.2 Å². The van der Waals surface area contributed by atoms with Crippen molar-refractivity contribution in [3.05, 3.63) is 52.7 Å². The van der Waals surface area contributed by atoms with Crippen LogP contribution in [0.2, 0.25) is 5.15 Å². The van der Waals surface area contributed by atoms with Crippen molar-refractivity contribution in [1.29, 1.82) is 0 Å². The predicted molar refractivity (Wildman–Crippen MR) is 79.4 cm³/mol. The Balaban J connectivity index is 2.14. The number of carbonyl (C=O) groups excluding carboxylic acids is 1. The summed E-state index contributed by atoms with van der Waals surface area (Å²) in [4.78, 5) is 16.1. The molecule has 6 heteroatoms. The molecule has 21 heavy (non-hydrogen) atoms. The summed E-state index contributed by atoms with van der Waals surface area (Å²) in [6, 6.07) is 6.51. The number of halogens is 1. The minimum atomic E-state index is -0.352. The lowest BCUT2D eigenvalue weighted by Crippen LogP contribution is -2.31. The Hall–Kier alpha value is -1.85. The molecule has 2 aromatic rings. The van der Waals surface area contributed by atoms with Crippen molar-refractivity contribution in [3.63, 3.8) is 0 Å². The summed E-state index contributed by atoms with van der Waals surface area (Å²) < 4.78 is 10.8. The average Bonchev–Trinajstić information content (AvgIpc) is 2.95. The zero-order valence-electron chi connectivity index (χ0n) is 11.9. The third kappa shape index (κ3) is 4.06. The Kier molecular flexibility index (Phi) is 5.36. The molecule has 5 nitrogen and oxygen atoms in total. The topological polar surface area (TPSA) is 64.4 Å². The van der Waals surface area contributed by atoms with E-state index in [9.17, 15) is 4.79 Å². The highest BCUT2D eigenvalue weighted by molar-refractivity contribution is 6.29. The number of methoxy groups -OCH3 is 1. The second-order valence-electron chi connectivity index (χ2n) is 4.51. The van der Waals surface area contributed by atoms with Crippen molar-refractivity contribution < 1.29 is 13.9 Å². The summed E-state index contributed by atoms with van der Waals surface area (Å²) >= 11 is 5.79. The smallest absolute Gasteiger partial charge is 0.252 e. The number of hydrogen-bond acceptors (Lipinski definition) is 4. The van der Waals surface area contributed by atoms with Crippen LogP contribution < -0.4 is 5.32 Å². The number of hydrogen-bond donors (Lipinski definition) is 1. The molecule has 1 amide bonds. The van der Waals surface area contributed by atoms with Gasteiger partial charge in [-0.05, 0) is 24.3 Å². The third-order valence-corrected chi connectivity index (χ3v) is 3.21.